The molecule has 1 aliphatic rings. The average molecular weight is 669 g/mol. The molecule has 1 heterocycles. The minimum atomic E-state index is 0.530. The number of anilines is 3. The van der Waals surface area contributed by atoms with Crippen LogP contribution in [0.25, 0.3) is 42.4 Å². The summed E-state index contributed by atoms with van der Waals surface area (Å²) in [5.41, 5.74) is 10.5. The van der Waals surface area contributed by atoms with E-state index in [1.54, 1.807) is 0 Å². The quantitative estimate of drug-likeness (QED) is 0.112. The number of thiophene rings is 1. The van der Waals surface area contributed by atoms with Gasteiger partial charge in [-0.25, -0.2) is 0 Å². The third-order valence-electron chi connectivity index (χ3n) is 9.44. The van der Waals surface area contributed by atoms with Gasteiger partial charge in [-0.05, 0) is 82.6 Å². The zero-order chi connectivity index (χ0) is 33.9. The van der Waals surface area contributed by atoms with E-state index in [-0.39, 0.29) is 0 Å². The van der Waals surface area contributed by atoms with E-state index in [2.05, 4.69) is 175 Å². The molecule has 246 valence electrons. The molecule has 0 radical (unpaired) electrons. The molecule has 1 atom stereocenters. The van der Waals surface area contributed by atoms with E-state index < -0.39 is 0 Å². The fourth-order valence-electron chi connectivity index (χ4n) is 7.02. The summed E-state index contributed by atoms with van der Waals surface area (Å²) in [7, 11) is 0. The highest BCUT2D eigenvalue weighted by atomic mass is 32.1. The van der Waals surface area contributed by atoms with E-state index in [9.17, 15) is 0 Å². The highest BCUT2D eigenvalue weighted by Gasteiger charge is 2.18. The normalized spacial score (nSPS) is 14.3. The van der Waals surface area contributed by atoms with Gasteiger partial charge in [-0.15, -0.1) is 11.3 Å². The van der Waals surface area contributed by atoms with Crippen molar-refractivity contribution < 1.29 is 0 Å². The maximum Gasteiger partial charge on any atom is 0.0589 e. The molecule has 0 saturated heterocycles. The monoisotopic (exact) mass is 668 g/mol. The number of fused-ring (bicyclic) bond motifs is 3. The smallest absolute Gasteiger partial charge is 0.0589 e. The lowest BCUT2D eigenvalue weighted by Crippen LogP contribution is -2.48. The van der Waals surface area contributed by atoms with Gasteiger partial charge < -0.3 is 5.32 Å². The maximum atomic E-state index is 6.85. The molecule has 0 aliphatic heterocycles. The molecule has 1 aliphatic carbocycles. The Morgan fingerprint density at radius 1 is 0.700 bits per heavy atom. The van der Waals surface area contributed by atoms with Crippen molar-refractivity contribution in [1.29, 1.82) is 0 Å². The number of nitrogens with zero attached hydrogens (tertiary/aromatic N) is 2. The SMILES string of the molecule is CC1C=CC=C(CN(c2ccccc2)N(N)Cc2cccc(Nc3ccccc3-c3cccc(-c4cccc5c4sc4ccccc45)c3)c2)C1. The van der Waals surface area contributed by atoms with Gasteiger partial charge in [0.05, 0.1) is 18.8 Å². The molecule has 0 spiro atoms. The summed E-state index contributed by atoms with van der Waals surface area (Å²) in [6.07, 6.45) is 7.70. The molecule has 0 fully saturated rings. The van der Waals surface area contributed by atoms with E-state index in [1.807, 2.05) is 22.5 Å². The van der Waals surface area contributed by atoms with Crippen LogP contribution < -0.4 is 16.2 Å². The zero-order valence-electron chi connectivity index (χ0n) is 28.2. The van der Waals surface area contributed by atoms with Crippen LogP contribution in [0.4, 0.5) is 17.1 Å². The summed E-state index contributed by atoms with van der Waals surface area (Å²) in [5.74, 6) is 7.38. The molecule has 7 aromatic rings. The van der Waals surface area contributed by atoms with Gasteiger partial charge in [-0.3, -0.25) is 10.9 Å². The van der Waals surface area contributed by atoms with Crippen LogP contribution in [0.2, 0.25) is 0 Å². The van der Waals surface area contributed by atoms with Gasteiger partial charge in [0, 0.05) is 37.1 Å². The van der Waals surface area contributed by atoms with Crippen molar-refractivity contribution in [2.24, 2.45) is 11.8 Å². The van der Waals surface area contributed by atoms with Gasteiger partial charge >= 0.3 is 0 Å². The van der Waals surface area contributed by atoms with Crippen LogP contribution in [-0.2, 0) is 6.54 Å². The number of hydrogen-bond donors (Lipinski definition) is 2. The summed E-state index contributed by atoms with van der Waals surface area (Å²) in [4.78, 5) is 0. The van der Waals surface area contributed by atoms with E-state index >= 15 is 0 Å². The number of hydrazine groups is 2. The molecular formula is C45H40N4S. The Morgan fingerprint density at radius 2 is 1.42 bits per heavy atom. The Labute approximate surface area is 298 Å². The second kappa shape index (κ2) is 14.2. The summed E-state index contributed by atoms with van der Waals surface area (Å²) >= 11 is 1.87. The second-order valence-corrected chi connectivity index (χ2v) is 14.2. The summed E-state index contributed by atoms with van der Waals surface area (Å²) in [5, 5.41) is 10.4. The number of nitrogens with two attached hydrogens (primary N) is 1. The molecule has 4 nitrogen and oxygen atoms in total. The first-order valence-corrected chi connectivity index (χ1v) is 18.1. The van der Waals surface area contributed by atoms with Crippen molar-refractivity contribution in [1.82, 2.24) is 5.12 Å². The maximum absolute atomic E-state index is 6.85. The standard InChI is InChI=1S/C45H40N4S/c1-32-13-9-14-33(27-32)30-48(38-19-3-2-4-20-38)49(46)31-34-15-10-18-37(28-34)47-43-25-7-5-21-39(43)35-16-11-17-36(29-35)40-23-12-24-42-41-22-6-8-26-44(41)50-45(40)42/h2-26,28-29,32,47H,27,30-31,46H2,1H3. The summed E-state index contributed by atoms with van der Waals surface area (Å²) < 4.78 is 2.65. The number of para-hydroxylation sites is 2. The lowest BCUT2D eigenvalue weighted by molar-refractivity contribution is 0.252. The topological polar surface area (TPSA) is 44.5 Å². The molecule has 8 rings (SSSR count). The van der Waals surface area contributed by atoms with E-state index in [4.69, 9.17) is 5.84 Å². The predicted octanol–water partition coefficient (Wildman–Crippen LogP) is 11.8. The molecular weight excluding hydrogens is 629 g/mol. The molecule has 0 bridgehead atoms. The predicted molar refractivity (Wildman–Crippen MR) is 214 cm³/mol. The van der Waals surface area contributed by atoms with Crippen LogP contribution in [0.5, 0.6) is 0 Å². The molecule has 1 aromatic heterocycles. The Balaban J connectivity index is 1.05. The summed E-state index contributed by atoms with van der Waals surface area (Å²) in [6.45, 7) is 3.57. The van der Waals surface area contributed by atoms with Crippen molar-refractivity contribution in [2.75, 3.05) is 16.9 Å². The first kappa shape index (κ1) is 31.8. The molecule has 1 unspecified atom stereocenters. The number of nitrogens with one attached hydrogen (secondary N) is 1. The third-order valence-corrected chi connectivity index (χ3v) is 10.7. The number of hydrogen-bond acceptors (Lipinski definition) is 5. The van der Waals surface area contributed by atoms with Crippen LogP contribution in [-0.4, -0.2) is 11.7 Å². The molecule has 5 heteroatoms. The highest BCUT2D eigenvalue weighted by molar-refractivity contribution is 7.26. The van der Waals surface area contributed by atoms with Gasteiger partial charge in [-0.2, -0.15) is 5.12 Å². The number of benzene rings is 6. The fraction of sp³-hybridized carbons (Fsp3) is 0.111. The first-order chi connectivity index (χ1) is 24.6. The fourth-order valence-corrected chi connectivity index (χ4v) is 8.26. The largest absolute Gasteiger partial charge is 0.355 e. The van der Waals surface area contributed by atoms with Crippen molar-refractivity contribution in [3.8, 4) is 22.3 Å². The van der Waals surface area contributed by atoms with Crippen LogP contribution in [0.1, 0.15) is 18.9 Å². The molecule has 0 amide bonds. The van der Waals surface area contributed by atoms with Gasteiger partial charge in [0.25, 0.3) is 0 Å². The van der Waals surface area contributed by atoms with E-state index in [0.29, 0.717) is 12.5 Å². The Hall–Kier alpha value is -5.46. The molecule has 6 aromatic carbocycles. The minimum Gasteiger partial charge on any atom is -0.355 e. The second-order valence-electron chi connectivity index (χ2n) is 13.1. The van der Waals surface area contributed by atoms with Gasteiger partial charge in [0.15, 0.2) is 0 Å². The van der Waals surface area contributed by atoms with E-state index in [0.717, 1.165) is 41.2 Å². The van der Waals surface area contributed by atoms with Crippen LogP contribution in [0.3, 0.4) is 0 Å². The van der Waals surface area contributed by atoms with Crippen molar-refractivity contribution >= 4 is 48.6 Å². The van der Waals surface area contributed by atoms with Gasteiger partial charge in [0.1, 0.15) is 0 Å². The number of rotatable bonds is 10. The van der Waals surface area contributed by atoms with Gasteiger partial charge in [0.2, 0.25) is 0 Å². The Kier molecular flexibility index (Phi) is 9.02. The van der Waals surface area contributed by atoms with E-state index in [1.165, 1.54) is 42.4 Å². The van der Waals surface area contributed by atoms with Crippen LogP contribution in [0.15, 0.2) is 169 Å². The lowest BCUT2D eigenvalue weighted by atomic mass is 9.96. The average Bonchev–Trinajstić information content (AvgIpc) is 3.54. The van der Waals surface area contributed by atoms with Crippen LogP contribution >= 0.6 is 11.3 Å². The van der Waals surface area contributed by atoms with Crippen molar-refractivity contribution in [3.05, 3.63) is 175 Å². The number of allylic oxidation sites excluding steroid dienone is 3. The zero-order valence-corrected chi connectivity index (χ0v) is 29.0. The molecule has 0 saturated carbocycles. The molecule has 50 heavy (non-hydrogen) atoms. The van der Waals surface area contributed by atoms with Crippen molar-refractivity contribution in [2.45, 2.75) is 19.9 Å². The summed E-state index contributed by atoms with van der Waals surface area (Å²) in [6, 6.07) is 51.8. The van der Waals surface area contributed by atoms with Crippen LogP contribution in [0, 0.1) is 5.92 Å². The Morgan fingerprint density at radius 3 is 2.30 bits per heavy atom. The lowest BCUT2D eigenvalue weighted by Gasteiger charge is -2.35. The van der Waals surface area contributed by atoms with Gasteiger partial charge in [-0.1, -0.05) is 128 Å². The third kappa shape index (κ3) is 6.72. The molecule has 3 N–H and O–H groups in total. The van der Waals surface area contributed by atoms with Crippen molar-refractivity contribution in [3.63, 3.8) is 0 Å². The first-order valence-electron chi connectivity index (χ1n) is 17.3. The minimum absolute atomic E-state index is 0.530. The highest BCUT2D eigenvalue weighted by Crippen LogP contribution is 2.41. The Bertz CT molecular complexity index is 2340.